The van der Waals surface area contributed by atoms with Gasteiger partial charge in [0.2, 0.25) is 0 Å². The van der Waals surface area contributed by atoms with Crippen LogP contribution in [0.2, 0.25) is 0 Å². The predicted octanol–water partition coefficient (Wildman–Crippen LogP) is 3.99. The minimum atomic E-state index is 0.00443. The van der Waals surface area contributed by atoms with Crippen LogP contribution < -0.4 is 0 Å². The Bertz CT molecular complexity index is 593. The molecule has 0 aliphatic carbocycles. The number of hydrogen-bond acceptors (Lipinski definition) is 2. The van der Waals surface area contributed by atoms with E-state index in [0.717, 1.165) is 15.6 Å². The fraction of sp³-hybridized carbons (Fsp3) is 0.250. The zero-order valence-corrected chi connectivity index (χ0v) is 13.4. The van der Waals surface area contributed by atoms with E-state index in [-0.39, 0.29) is 11.9 Å². The molecule has 4 heteroatoms. The molecule has 1 atom stereocenters. The topological polar surface area (TPSA) is 33.2 Å². The minimum Gasteiger partial charge on any atom is -0.335 e. The first-order valence-corrected chi connectivity index (χ1v) is 7.22. The van der Waals surface area contributed by atoms with Crippen LogP contribution >= 0.6 is 15.9 Å². The second-order valence-electron chi connectivity index (χ2n) is 4.89. The van der Waals surface area contributed by atoms with Gasteiger partial charge < -0.3 is 4.90 Å². The van der Waals surface area contributed by atoms with Gasteiger partial charge in [-0.15, -0.1) is 0 Å². The molecular weight excluding hydrogens is 316 g/mol. The SMILES string of the molecule is Cc1cc(Br)cc(C(=O)N(C)C(C)c2ccncc2)c1. The number of aromatic nitrogens is 1. The lowest BCUT2D eigenvalue weighted by Gasteiger charge is -2.25. The molecule has 1 amide bonds. The summed E-state index contributed by atoms with van der Waals surface area (Å²) < 4.78 is 0.922. The molecule has 20 heavy (non-hydrogen) atoms. The first kappa shape index (κ1) is 14.7. The molecule has 1 aromatic heterocycles. The molecular formula is C16H17BrN2O. The third-order valence-electron chi connectivity index (χ3n) is 3.38. The Kier molecular flexibility index (Phi) is 4.55. The molecule has 0 aliphatic rings. The van der Waals surface area contributed by atoms with E-state index >= 15 is 0 Å². The lowest BCUT2D eigenvalue weighted by Crippen LogP contribution is -2.29. The van der Waals surface area contributed by atoms with E-state index in [2.05, 4.69) is 20.9 Å². The summed E-state index contributed by atoms with van der Waals surface area (Å²) in [4.78, 5) is 18.3. The molecule has 0 radical (unpaired) electrons. The molecule has 0 saturated heterocycles. The van der Waals surface area contributed by atoms with E-state index in [0.29, 0.717) is 5.56 Å². The van der Waals surface area contributed by atoms with Gasteiger partial charge in [0, 0.05) is 29.5 Å². The van der Waals surface area contributed by atoms with Crippen LogP contribution in [0.15, 0.2) is 47.2 Å². The van der Waals surface area contributed by atoms with Crippen LogP contribution in [0.25, 0.3) is 0 Å². The number of carbonyl (C=O) groups is 1. The van der Waals surface area contributed by atoms with Crippen molar-refractivity contribution in [2.75, 3.05) is 7.05 Å². The smallest absolute Gasteiger partial charge is 0.254 e. The molecule has 0 N–H and O–H groups in total. The van der Waals surface area contributed by atoms with Crippen LogP contribution in [0.5, 0.6) is 0 Å². The summed E-state index contributed by atoms with van der Waals surface area (Å²) in [5.41, 5.74) is 2.83. The number of pyridine rings is 1. The highest BCUT2D eigenvalue weighted by atomic mass is 79.9. The second kappa shape index (κ2) is 6.18. The van der Waals surface area contributed by atoms with Gasteiger partial charge in [-0.2, -0.15) is 0 Å². The molecule has 104 valence electrons. The van der Waals surface area contributed by atoms with Gasteiger partial charge in [0.1, 0.15) is 0 Å². The number of hydrogen-bond donors (Lipinski definition) is 0. The number of carbonyl (C=O) groups excluding carboxylic acids is 1. The van der Waals surface area contributed by atoms with E-state index in [9.17, 15) is 4.79 Å². The third-order valence-corrected chi connectivity index (χ3v) is 3.84. The highest BCUT2D eigenvalue weighted by Gasteiger charge is 2.19. The highest BCUT2D eigenvalue weighted by Crippen LogP contribution is 2.22. The molecule has 1 heterocycles. The predicted molar refractivity (Wildman–Crippen MR) is 83.6 cm³/mol. The number of halogens is 1. The Labute approximate surface area is 127 Å². The average molecular weight is 333 g/mol. The Morgan fingerprint density at radius 1 is 1.25 bits per heavy atom. The van der Waals surface area contributed by atoms with Gasteiger partial charge in [-0.3, -0.25) is 9.78 Å². The van der Waals surface area contributed by atoms with E-state index < -0.39 is 0 Å². The first-order chi connectivity index (χ1) is 9.49. The normalized spacial score (nSPS) is 12.0. The van der Waals surface area contributed by atoms with Crippen LogP contribution in [0.1, 0.15) is 34.5 Å². The van der Waals surface area contributed by atoms with E-state index in [1.54, 1.807) is 17.3 Å². The molecule has 1 aromatic carbocycles. The lowest BCUT2D eigenvalue weighted by atomic mass is 10.1. The Morgan fingerprint density at radius 2 is 1.90 bits per heavy atom. The largest absolute Gasteiger partial charge is 0.335 e. The quantitative estimate of drug-likeness (QED) is 0.851. The number of rotatable bonds is 3. The van der Waals surface area contributed by atoms with Gasteiger partial charge in [-0.05, 0) is 55.3 Å². The van der Waals surface area contributed by atoms with Crippen molar-refractivity contribution in [1.82, 2.24) is 9.88 Å². The zero-order chi connectivity index (χ0) is 14.7. The molecule has 0 spiro atoms. The van der Waals surface area contributed by atoms with Crippen LogP contribution in [0, 0.1) is 6.92 Å². The molecule has 3 nitrogen and oxygen atoms in total. The number of benzene rings is 1. The van der Waals surface area contributed by atoms with Crippen LogP contribution in [0.4, 0.5) is 0 Å². The lowest BCUT2D eigenvalue weighted by molar-refractivity contribution is 0.0742. The van der Waals surface area contributed by atoms with Crippen molar-refractivity contribution in [3.05, 3.63) is 63.9 Å². The van der Waals surface area contributed by atoms with Crippen molar-refractivity contribution in [1.29, 1.82) is 0 Å². The fourth-order valence-corrected chi connectivity index (χ4v) is 2.71. The van der Waals surface area contributed by atoms with Crippen LogP contribution in [-0.2, 0) is 0 Å². The van der Waals surface area contributed by atoms with Crippen LogP contribution in [0.3, 0.4) is 0 Å². The van der Waals surface area contributed by atoms with Crippen molar-refractivity contribution in [2.24, 2.45) is 0 Å². The van der Waals surface area contributed by atoms with Gasteiger partial charge in [-0.1, -0.05) is 15.9 Å². The van der Waals surface area contributed by atoms with E-state index in [1.807, 2.05) is 51.2 Å². The summed E-state index contributed by atoms with van der Waals surface area (Å²) in [7, 11) is 1.82. The monoisotopic (exact) mass is 332 g/mol. The van der Waals surface area contributed by atoms with Gasteiger partial charge in [0.05, 0.1) is 6.04 Å². The van der Waals surface area contributed by atoms with Gasteiger partial charge in [-0.25, -0.2) is 0 Å². The van der Waals surface area contributed by atoms with Gasteiger partial charge in [0.25, 0.3) is 5.91 Å². The number of nitrogens with zero attached hydrogens (tertiary/aromatic N) is 2. The molecule has 0 saturated carbocycles. The summed E-state index contributed by atoms with van der Waals surface area (Å²) in [5, 5.41) is 0. The van der Waals surface area contributed by atoms with Gasteiger partial charge >= 0.3 is 0 Å². The Balaban J connectivity index is 2.24. The Morgan fingerprint density at radius 3 is 2.50 bits per heavy atom. The zero-order valence-electron chi connectivity index (χ0n) is 11.8. The maximum absolute atomic E-state index is 12.6. The molecule has 1 unspecified atom stereocenters. The number of aryl methyl sites for hydroxylation is 1. The van der Waals surface area contributed by atoms with Crippen molar-refractivity contribution < 1.29 is 4.79 Å². The van der Waals surface area contributed by atoms with E-state index in [4.69, 9.17) is 0 Å². The summed E-state index contributed by atoms with van der Waals surface area (Å²) in [6, 6.07) is 9.61. The van der Waals surface area contributed by atoms with Crippen LogP contribution in [-0.4, -0.2) is 22.8 Å². The van der Waals surface area contributed by atoms with Crippen molar-refractivity contribution in [3.8, 4) is 0 Å². The standard InChI is InChI=1S/C16H17BrN2O/c1-11-8-14(10-15(17)9-11)16(20)19(3)12(2)13-4-6-18-7-5-13/h4-10,12H,1-3H3. The second-order valence-corrected chi connectivity index (χ2v) is 5.81. The fourth-order valence-electron chi connectivity index (χ4n) is 2.10. The molecule has 2 rings (SSSR count). The summed E-state index contributed by atoms with van der Waals surface area (Å²) in [6.45, 7) is 3.99. The summed E-state index contributed by atoms with van der Waals surface area (Å²) in [6.07, 6.45) is 3.49. The highest BCUT2D eigenvalue weighted by molar-refractivity contribution is 9.10. The van der Waals surface area contributed by atoms with Gasteiger partial charge in [0.15, 0.2) is 0 Å². The summed E-state index contributed by atoms with van der Waals surface area (Å²) >= 11 is 3.43. The Hall–Kier alpha value is -1.68. The van der Waals surface area contributed by atoms with Crippen molar-refractivity contribution in [2.45, 2.75) is 19.9 Å². The molecule has 2 aromatic rings. The molecule has 0 bridgehead atoms. The number of amides is 1. The average Bonchev–Trinajstić information content (AvgIpc) is 2.45. The maximum atomic E-state index is 12.6. The van der Waals surface area contributed by atoms with Crippen molar-refractivity contribution in [3.63, 3.8) is 0 Å². The maximum Gasteiger partial charge on any atom is 0.254 e. The summed E-state index contributed by atoms with van der Waals surface area (Å²) in [5.74, 6) is 0.0127. The van der Waals surface area contributed by atoms with Crippen molar-refractivity contribution >= 4 is 21.8 Å². The van der Waals surface area contributed by atoms with E-state index in [1.165, 1.54) is 0 Å². The first-order valence-electron chi connectivity index (χ1n) is 6.43. The minimum absolute atomic E-state index is 0.00443. The molecule has 0 fully saturated rings. The third kappa shape index (κ3) is 3.25. The molecule has 0 aliphatic heterocycles.